The van der Waals surface area contributed by atoms with Gasteiger partial charge in [0.1, 0.15) is 6.10 Å². The summed E-state index contributed by atoms with van der Waals surface area (Å²) in [7, 11) is 0. The molecule has 3 fully saturated rings. The first-order valence-electron chi connectivity index (χ1n) is 7.62. The van der Waals surface area contributed by atoms with Crippen LogP contribution in [-0.4, -0.2) is 55.2 Å². The molecule has 6 unspecified atom stereocenters. The predicted octanol–water partition coefficient (Wildman–Crippen LogP) is 0.174. The summed E-state index contributed by atoms with van der Waals surface area (Å²) in [6.45, 7) is 4.31. The third-order valence-electron chi connectivity index (χ3n) is 4.66. The van der Waals surface area contributed by atoms with E-state index in [-0.39, 0.29) is 18.4 Å². The summed E-state index contributed by atoms with van der Waals surface area (Å²) in [5.41, 5.74) is -1.19. The van der Waals surface area contributed by atoms with Crippen molar-refractivity contribution in [2.75, 3.05) is 13.2 Å². The van der Waals surface area contributed by atoms with Gasteiger partial charge in [0.15, 0.2) is 18.0 Å². The summed E-state index contributed by atoms with van der Waals surface area (Å²) in [5.74, 6) is -2.03. The summed E-state index contributed by atoms with van der Waals surface area (Å²) in [6, 6.07) is 0. The molecule has 0 aromatic carbocycles. The summed E-state index contributed by atoms with van der Waals surface area (Å²) in [6.07, 6.45) is -1.55. The molecule has 0 spiro atoms. The Morgan fingerprint density at radius 3 is 2.30 bits per heavy atom. The molecule has 3 aliphatic rings. The molecule has 8 nitrogen and oxygen atoms in total. The van der Waals surface area contributed by atoms with E-state index in [4.69, 9.17) is 23.7 Å². The quantitative estimate of drug-likeness (QED) is 0.534. The van der Waals surface area contributed by atoms with E-state index < -0.39 is 42.0 Å². The Hall–Kier alpha value is -1.67. The molecule has 0 bridgehead atoms. The maximum absolute atomic E-state index is 11.7. The lowest BCUT2D eigenvalue weighted by molar-refractivity contribution is -0.196. The fourth-order valence-corrected chi connectivity index (χ4v) is 4.11. The van der Waals surface area contributed by atoms with Gasteiger partial charge in [-0.1, -0.05) is 0 Å². The molecular formula is C15H20O8. The lowest BCUT2D eigenvalue weighted by Gasteiger charge is -2.34. The largest absolute Gasteiger partial charge is 0.458 e. The number of ether oxygens (including phenoxy) is 5. The van der Waals surface area contributed by atoms with Gasteiger partial charge in [-0.3, -0.25) is 14.4 Å². The Morgan fingerprint density at radius 2 is 1.70 bits per heavy atom. The first-order valence-corrected chi connectivity index (χ1v) is 7.62. The molecule has 0 aromatic rings. The highest BCUT2D eigenvalue weighted by molar-refractivity contribution is 5.69. The number of hydrogen-bond acceptors (Lipinski definition) is 8. The number of carbonyl (C=O) groups is 3. The lowest BCUT2D eigenvalue weighted by Crippen LogP contribution is -2.52. The van der Waals surface area contributed by atoms with Crippen molar-refractivity contribution in [3.63, 3.8) is 0 Å². The highest BCUT2D eigenvalue weighted by Crippen LogP contribution is 2.55. The zero-order valence-corrected chi connectivity index (χ0v) is 13.3. The van der Waals surface area contributed by atoms with E-state index >= 15 is 0 Å². The van der Waals surface area contributed by atoms with Crippen molar-refractivity contribution in [3.05, 3.63) is 0 Å². The first-order chi connectivity index (χ1) is 10.8. The topological polar surface area (TPSA) is 97.4 Å². The predicted molar refractivity (Wildman–Crippen MR) is 72.9 cm³/mol. The molecule has 0 N–H and O–H groups in total. The van der Waals surface area contributed by atoms with E-state index in [0.29, 0.717) is 13.0 Å². The third-order valence-corrected chi connectivity index (χ3v) is 4.66. The maximum atomic E-state index is 11.7. The zero-order valence-electron chi connectivity index (χ0n) is 13.3. The van der Waals surface area contributed by atoms with Gasteiger partial charge in [0, 0.05) is 26.7 Å². The highest BCUT2D eigenvalue weighted by atomic mass is 16.7. The van der Waals surface area contributed by atoms with Crippen LogP contribution >= 0.6 is 0 Å². The summed E-state index contributed by atoms with van der Waals surface area (Å²) in [5, 5.41) is 0. The Bertz CT molecular complexity index is 532. The Balaban J connectivity index is 2.02. The van der Waals surface area contributed by atoms with E-state index in [1.165, 1.54) is 20.8 Å². The molecule has 3 rings (SSSR count). The van der Waals surface area contributed by atoms with Gasteiger partial charge in [0.25, 0.3) is 0 Å². The molecule has 8 heteroatoms. The molecule has 1 saturated carbocycles. The number of carbonyl (C=O) groups excluding carboxylic acids is 3. The SMILES string of the molecule is CC(=O)OC1C2CCOC3OCC(OC(C)=O)(C1OC(C)=O)C32. The minimum atomic E-state index is -1.19. The fraction of sp³-hybridized carbons (Fsp3) is 0.800. The van der Waals surface area contributed by atoms with Gasteiger partial charge in [-0.2, -0.15) is 0 Å². The first kappa shape index (κ1) is 16.2. The highest BCUT2D eigenvalue weighted by Gasteiger charge is 2.72. The van der Waals surface area contributed by atoms with Crippen LogP contribution in [-0.2, 0) is 38.1 Å². The van der Waals surface area contributed by atoms with Crippen molar-refractivity contribution in [1.82, 2.24) is 0 Å². The maximum Gasteiger partial charge on any atom is 0.303 e. The lowest BCUT2D eigenvalue weighted by atomic mass is 9.84. The van der Waals surface area contributed by atoms with Crippen LogP contribution in [0.4, 0.5) is 0 Å². The minimum Gasteiger partial charge on any atom is -0.458 e. The van der Waals surface area contributed by atoms with E-state index in [0.717, 1.165) is 0 Å². The van der Waals surface area contributed by atoms with Gasteiger partial charge in [-0.15, -0.1) is 0 Å². The Morgan fingerprint density at radius 1 is 1.00 bits per heavy atom. The van der Waals surface area contributed by atoms with Crippen LogP contribution in [0.5, 0.6) is 0 Å². The molecule has 2 aliphatic heterocycles. The van der Waals surface area contributed by atoms with E-state index in [1.54, 1.807) is 0 Å². The third kappa shape index (κ3) is 2.59. The summed E-state index contributed by atoms with van der Waals surface area (Å²) < 4.78 is 27.7. The van der Waals surface area contributed by atoms with Crippen molar-refractivity contribution in [2.24, 2.45) is 11.8 Å². The van der Waals surface area contributed by atoms with Gasteiger partial charge >= 0.3 is 17.9 Å². The second-order valence-electron chi connectivity index (χ2n) is 6.18. The van der Waals surface area contributed by atoms with Gasteiger partial charge in [-0.25, -0.2) is 0 Å². The minimum absolute atomic E-state index is 0.0358. The number of hydrogen-bond donors (Lipinski definition) is 0. The molecule has 2 saturated heterocycles. The molecule has 0 amide bonds. The average molecular weight is 328 g/mol. The molecule has 0 aromatic heterocycles. The van der Waals surface area contributed by atoms with Crippen LogP contribution in [0.3, 0.4) is 0 Å². The van der Waals surface area contributed by atoms with Crippen LogP contribution in [0.2, 0.25) is 0 Å². The second-order valence-corrected chi connectivity index (χ2v) is 6.18. The smallest absolute Gasteiger partial charge is 0.303 e. The van der Waals surface area contributed by atoms with Gasteiger partial charge in [-0.05, 0) is 6.42 Å². The van der Waals surface area contributed by atoms with E-state index in [2.05, 4.69) is 0 Å². The van der Waals surface area contributed by atoms with Crippen LogP contribution in [0.25, 0.3) is 0 Å². The monoisotopic (exact) mass is 328 g/mol. The van der Waals surface area contributed by atoms with Crippen LogP contribution in [0, 0.1) is 11.8 Å². The van der Waals surface area contributed by atoms with Crippen molar-refractivity contribution in [1.29, 1.82) is 0 Å². The zero-order chi connectivity index (χ0) is 16.8. The second kappa shape index (κ2) is 5.76. The molecule has 1 aliphatic carbocycles. The van der Waals surface area contributed by atoms with Gasteiger partial charge < -0.3 is 23.7 Å². The van der Waals surface area contributed by atoms with Crippen molar-refractivity contribution < 1.29 is 38.1 Å². The average Bonchev–Trinajstić information content (AvgIpc) is 2.91. The van der Waals surface area contributed by atoms with E-state index in [1.807, 2.05) is 0 Å². The van der Waals surface area contributed by atoms with Crippen LogP contribution < -0.4 is 0 Å². The van der Waals surface area contributed by atoms with Crippen LogP contribution in [0.1, 0.15) is 27.2 Å². The molecular weight excluding hydrogens is 308 g/mol. The van der Waals surface area contributed by atoms with Crippen molar-refractivity contribution in [3.8, 4) is 0 Å². The fourth-order valence-electron chi connectivity index (χ4n) is 4.11. The summed E-state index contributed by atoms with van der Waals surface area (Å²) in [4.78, 5) is 34.7. The Kier molecular flexibility index (Phi) is 4.05. The van der Waals surface area contributed by atoms with Crippen molar-refractivity contribution in [2.45, 2.75) is 51.3 Å². The van der Waals surface area contributed by atoms with Crippen LogP contribution in [0.15, 0.2) is 0 Å². The van der Waals surface area contributed by atoms with Gasteiger partial charge in [0.05, 0.1) is 19.1 Å². The Labute approximate surface area is 133 Å². The summed E-state index contributed by atoms with van der Waals surface area (Å²) >= 11 is 0. The molecule has 23 heavy (non-hydrogen) atoms. The standard InChI is InChI=1S/C15H20O8/c1-7(16)21-12-10-4-5-19-14-11(10)15(6-20-14,23-9(3)18)13(12)22-8(2)17/h10-14H,4-6H2,1-3H3. The number of esters is 3. The molecule has 6 atom stereocenters. The van der Waals surface area contributed by atoms with Gasteiger partial charge in [0.2, 0.25) is 0 Å². The molecule has 2 heterocycles. The van der Waals surface area contributed by atoms with E-state index in [9.17, 15) is 14.4 Å². The molecule has 128 valence electrons. The molecule has 0 radical (unpaired) electrons. The number of rotatable bonds is 3. The normalized spacial score (nSPS) is 41.1. The van der Waals surface area contributed by atoms with Crippen molar-refractivity contribution >= 4 is 17.9 Å².